The summed E-state index contributed by atoms with van der Waals surface area (Å²) in [5.74, 6) is 0.150. The van der Waals surface area contributed by atoms with Crippen molar-refractivity contribution in [1.29, 1.82) is 0 Å². The predicted molar refractivity (Wildman–Crippen MR) is 56.7 cm³/mol. The van der Waals surface area contributed by atoms with E-state index < -0.39 is 5.97 Å². The quantitative estimate of drug-likeness (QED) is 0.801. The third kappa shape index (κ3) is 2.42. The minimum Gasteiger partial charge on any atom is -0.478 e. The topological polar surface area (TPSA) is 63.6 Å². The van der Waals surface area contributed by atoms with Crippen molar-refractivity contribution in [3.05, 3.63) is 53.9 Å². The van der Waals surface area contributed by atoms with E-state index >= 15 is 0 Å². The molecule has 0 radical (unpaired) electrons. The number of carboxylic acid groups (broad SMARTS) is 1. The van der Waals surface area contributed by atoms with Gasteiger partial charge in [-0.1, -0.05) is 0 Å². The molecule has 4 heteroatoms. The number of furan rings is 2. The van der Waals surface area contributed by atoms with E-state index in [1.807, 2.05) is 0 Å². The summed E-state index contributed by atoms with van der Waals surface area (Å²) in [5.41, 5.74) is 0.227. The predicted octanol–water partition coefficient (Wildman–Crippen LogP) is 2.58. The van der Waals surface area contributed by atoms with E-state index in [0.29, 0.717) is 11.5 Å². The van der Waals surface area contributed by atoms with Crippen molar-refractivity contribution in [1.82, 2.24) is 0 Å². The standard InChI is InChI=1S/C12H10O4/c13-12(14)9(7-10-3-1-5-15-10)8-11-4-2-6-16-11/h1-7H,8H2,(H,13,14)/b9-7+. The second-order valence-electron chi connectivity index (χ2n) is 3.25. The van der Waals surface area contributed by atoms with Gasteiger partial charge in [-0.2, -0.15) is 0 Å². The highest BCUT2D eigenvalue weighted by atomic mass is 16.4. The van der Waals surface area contributed by atoms with E-state index in [9.17, 15) is 4.79 Å². The highest BCUT2D eigenvalue weighted by Crippen LogP contribution is 2.13. The van der Waals surface area contributed by atoms with Crippen molar-refractivity contribution in [2.75, 3.05) is 0 Å². The Kier molecular flexibility index (Phi) is 2.91. The van der Waals surface area contributed by atoms with Gasteiger partial charge in [0.15, 0.2) is 0 Å². The van der Waals surface area contributed by atoms with E-state index in [4.69, 9.17) is 13.9 Å². The zero-order valence-corrected chi connectivity index (χ0v) is 8.42. The van der Waals surface area contributed by atoms with Crippen LogP contribution in [0.5, 0.6) is 0 Å². The van der Waals surface area contributed by atoms with Gasteiger partial charge in [-0.15, -0.1) is 0 Å². The molecule has 2 rings (SSSR count). The first kappa shape index (κ1) is 10.3. The molecule has 2 aromatic rings. The molecule has 0 bridgehead atoms. The van der Waals surface area contributed by atoms with Crippen LogP contribution in [0.1, 0.15) is 11.5 Å². The Morgan fingerprint density at radius 2 is 2.00 bits per heavy atom. The highest BCUT2D eigenvalue weighted by molar-refractivity contribution is 5.92. The van der Waals surface area contributed by atoms with Crippen molar-refractivity contribution >= 4 is 12.0 Å². The van der Waals surface area contributed by atoms with Gasteiger partial charge in [-0.3, -0.25) is 0 Å². The maximum absolute atomic E-state index is 11.0. The summed E-state index contributed by atoms with van der Waals surface area (Å²) >= 11 is 0. The number of hydrogen-bond donors (Lipinski definition) is 1. The van der Waals surface area contributed by atoms with E-state index in [0.717, 1.165) is 0 Å². The van der Waals surface area contributed by atoms with E-state index in [1.54, 1.807) is 24.3 Å². The molecule has 4 nitrogen and oxygen atoms in total. The van der Waals surface area contributed by atoms with Crippen molar-refractivity contribution in [2.24, 2.45) is 0 Å². The monoisotopic (exact) mass is 218 g/mol. The van der Waals surface area contributed by atoms with Gasteiger partial charge in [0.1, 0.15) is 11.5 Å². The molecule has 0 unspecified atom stereocenters. The van der Waals surface area contributed by atoms with E-state index in [1.165, 1.54) is 18.6 Å². The van der Waals surface area contributed by atoms with Crippen LogP contribution in [0.4, 0.5) is 0 Å². The van der Waals surface area contributed by atoms with Crippen LogP contribution in [0.3, 0.4) is 0 Å². The zero-order valence-electron chi connectivity index (χ0n) is 8.42. The molecule has 2 heterocycles. The smallest absolute Gasteiger partial charge is 0.332 e. The molecule has 82 valence electrons. The lowest BCUT2D eigenvalue weighted by molar-refractivity contribution is -0.132. The Labute approximate surface area is 91.8 Å². The third-order valence-corrected chi connectivity index (χ3v) is 2.08. The fourth-order valence-corrected chi connectivity index (χ4v) is 1.33. The lowest BCUT2D eigenvalue weighted by Crippen LogP contribution is -2.03. The average molecular weight is 218 g/mol. The zero-order chi connectivity index (χ0) is 11.4. The molecule has 0 saturated heterocycles. The summed E-state index contributed by atoms with van der Waals surface area (Å²) in [6, 6.07) is 6.86. The Morgan fingerprint density at radius 3 is 2.56 bits per heavy atom. The maximum Gasteiger partial charge on any atom is 0.332 e. The Morgan fingerprint density at radius 1 is 1.25 bits per heavy atom. The number of hydrogen-bond acceptors (Lipinski definition) is 3. The highest BCUT2D eigenvalue weighted by Gasteiger charge is 2.10. The molecule has 0 aromatic carbocycles. The molecule has 0 saturated carbocycles. The fourth-order valence-electron chi connectivity index (χ4n) is 1.33. The number of rotatable bonds is 4. The molecule has 1 N–H and O–H groups in total. The maximum atomic E-state index is 11.0. The number of carbonyl (C=O) groups is 1. The fraction of sp³-hybridized carbons (Fsp3) is 0.0833. The molecule has 0 amide bonds. The molecule has 0 spiro atoms. The van der Waals surface area contributed by atoms with Crippen LogP contribution in [-0.4, -0.2) is 11.1 Å². The van der Waals surface area contributed by atoms with Crippen LogP contribution < -0.4 is 0 Å². The van der Waals surface area contributed by atoms with Crippen LogP contribution >= 0.6 is 0 Å². The number of carboxylic acids is 1. The van der Waals surface area contributed by atoms with Crippen LogP contribution in [0, 0.1) is 0 Å². The van der Waals surface area contributed by atoms with Gasteiger partial charge in [0.2, 0.25) is 0 Å². The Balaban J connectivity index is 2.21. The second kappa shape index (κ2) is 4.53. The first-order valence-electron chi connectivity index (χ1n) is 4.75. The van der Waals surface area contributed by atoms with Crippen molar-refractivity contribution in [2.45, 2.75) is 6.42 Å². The summed E-state index contributed by atoms with van der Waals surface area (Å²) in [6.45, 7) is 0. The summed E-state index contributed by atoms with van der Waals surface area (Å²) in [4.78, 5) is 11.0. The van der Waals surface area contributed by atoms with E-state index in [2.05, 4.69) is 0 Å². The largest absolute Gasteiger partial charge is 0.478 e. The van der Waals surface area contributed by atoms with Crippen molar-refractivity contribution in [3.8, 4) is 0 Å². The molecule has 0 aliphatic heterocycles. The molecule has 16 heavy (non-hydrogen) atoms. The van der Waals surface area contributed by atoms with Gasteiger partial charge in [0, 0.05) is 12.0 Å². The van der Waals surface area contributed by atoms with E-state index in [-0.39, 0.29) is 12.0 Å². The van der Waals surface area contributed by atoms with Crippen LogP contribution in [-0.2, 0) is 11.2 Å². The minimum atomic E-state index is -0.979. The second-order valence-corrected chi connectivity index (χ2v) is 3.25. The number of aliphatic carboxylic acids is 1. The first-order valence-corrected chi connectivity index (χ1v) is 4.75. The van der Waals surface area contributed by atoms with Crippen molar-refractivity contribution in [3.63, 3.8) is 0 Å². The minimum absolute atomic E-state index is 0.227. The van der Waals surface area contributed by atoms with Gasteiger partial charge < -0.3 is 13.9 Å². The normalized spacial score (nSPS) is 11.6. The Bertz CT molecular complexity index is 477. The third-order valence-electron chi connectivity index (χ3n) is 2.08. The Hall–Kier alpha value is -2.23. The lowest BCUT2D eigenvalue weighted by atomic mass is 10.1. The molecular formula is C12H10O4. The molecule has 0 atom stereocenters. The van der Waals surface area contributed by atoms with Crippen molar-refractivity contribution < 1.29 is 18.7 Å². The lowest BCUT2D eigenvalue weighted by Gasteiger charge is -1.98. The summed E-state index contributed by atoms with van der Waals surface area (Å²) in [7, 11) is 0. The van der Waals surface area contributed by atoms with Gasteiger partial charge in [0.05, 0.1) is 12.5 Å². The summed E-state index contributed by atoms with van der Waals surface area (Å²) < 4.78 is 10.2. The van der Waals surface area contributed by atoms with Crippen LogP contribution in [0.15, 0.2) is 51.2 Å². The molecular weight excluding hydrogens is 208 g/mol. The molecule has 0 aliphatic rings. The molecule has 0 fully saturated rings. The van der Waals surface area contributed by atoms with Gasteiger partial charge in [-0.05, 0) is 30.3 Å². The summed E-state index contributed by atoms with van der Waals surface area (Å²) in [6.07, 6.45) is 4.74. The molecule has 2 aromatic heterocycles. The van der Waals surface area contributed by atoms with Crippen LogP contribution in [0.25, 0.3) is 6.08 Å². The van der Waals surface area contributed by atoms with Gasteiger partial charge >= 0.3 is 5.97 Å². The molecule has 0 aliphatic carbocycles. The van der Waals surface area contributed by atoms with Crippen LogP contribution in [0.2, 0.25) is 0 Å². The first-order chi connectivity index (χ1) is 7.75. The average Bonchev–Trinajstić information content (AvgIpc) is 2.88. The van der Waals surface area contributed by atoms with Gasteiger partial charge in [-0.25, -0.2) is 4.79 Å². The van der Waals surface area contributed by atoms with Gasteiger partial charge in [0.25, 0.3) is 0 Å². The summed E-state index contributed by atoms with van der Waals surface area (Å²) in [5, 5.41) is 9.02. The SMILES string of the molecule is O=C(O)/C(=C/c1ccco1)Cc1ccco1.